The minimum Gasteiger partial charge on any atom is -0.478 e. The molecule has 0 spiro atoms. The summed E-state index contributed by atoms with van der Waals surface area (Å²) >= 11 is 5.25. The summed E-state index contributed by atoms with van der Waals surface area (Å²) in [5, 5.41) is 24.0. The van der Waals surface area contributed by atoms with Gasteiger partial charge in [0.2, 0.25) is 4.77 Å². The van der Waals surface area contributed by atoms with Crippen molar-refractivity contribution in [1.82, 2.24) is 30.2 Å². The number of aromatic nitrogens is 4. The van der Waals surface area contributed by atoms with E-state index >= 15 is 0 Å². The second-order valence-corrected chi connectivity index (χ2v) is 9.65. The number of hydrogen-bond acceptors (Lipinski definition) is 10. The molecule has 0 aliphatic heterocycles. The van der Waals surface area contributed by atoms with Crippen molar-refractivity contribution in [3.63, 3.8) is 0 Å². The average Bonchev–Trinajstić information content (AvgIpc) is 3.38. The van der Waals surface area contributed by atoms with Gasteiger partial charge in [-0.1, -0.05) is 24.3 Å². The fourth-order valence-electron chi connectivity index (χ4n) is 4.18. The summed E-state index contributed by atoms with van der Waals surface area (Å²) in [7, 11) is 0. The van der Waals surface area contributed by atoms with Gasteiger partial charge in [0.05, 0.1) is 11.6 Å². The molecule has 0 aliphatic rings. The molecule has 0 saturated carbocycles. The predicted molar refractivity (Wildman–Crippen MR) is 154 cm³/mol. The van der Waals surface area contributed by atoms with Crippen LogP contribution in [0.2, 0.25) is 0 Å². The molecular formula is C27H22N8O6S. The molecule has 5 rings (SSSR count). The van der Waals surface area contributed by atoms with Crippen molar-refractivity contribution in [2.75, 3.05) is 11.1 Å². The number of carbonyl (C=O) groups excluding carboxylic acids is 2. The molecule has 5 aromatic rings. The Balaban J connectivity index is 1.33. The number of fused-ring (bicyclic) bond motifs is 1. The van der Waals surface area contributed by atoms with Crippen LogP contribution in [-0.4, -0.2) is 42.5 Å². The van der Waals surface area contributed by atoms with E-state index in [-0.39, 0.29) is 45.4 Å². The van der Waals surface area contributed by atoms with Crippen molar-refractivity contribution >= 4 is 52.8 Å². The van der Waals surface area contributed by atoms with Crippen LogP contribution < -0.4 is 32.5 Å². The zero-order valence-corrected chi connectivity index (χ0v) is 22.6. The Morgan fingerprint density at radius 2 is 1.81 bits per heavy atom. The number of carboxylic acid groups (broad SMARTS) is 1. The number of rotatable bonds is 9. The van der Waals surface area contributed by atoms with Gasteiger partial charge in [-0.3, -0.25) is 19.2 Å². The van der Waals surface area contributed by atoms with Crippen LogP contribution >= 0.6 is 12.2 Å². The number of hydrogen-bond donors (Lipinski definition) is 6. The number of aromatic carboxylic acids is 1. The van der Waals surface area contributed by atoms with E-state index in [9.17, 15) is 24.0 Å². The number of H-pyrrole nitrogens is 1. The van der Waals surface area contributed by atoms with E-state index in [1.807, 2.05) is 0 Å². The van der Waals surface area contributed by atoms with Gasteiger partial charge < -0.3 is 26.8 Å². The first kappa shape index (κ1) is 27.9. The van der Waals surface area contributed by atoms with E-state index in [0.29, 0.717) is 16.8 Å². The lowest BCUT2D eigenvalue weighted by molar-refractivity contribution is 0.0696. The molecule has 0 saturated heterocycles. The molecule has 0 radical (unpaired) electrons. The minimum absolute atomic E-state index is 0.00744. The van der Waals surface area contributed by atoms with Gasteiger partial charge in [-0.25, -0.2) is 19.3 Å². The summed E-state index contributed by atoms with van der Waals surface area (Å²) < 4.78 is 1.39. The maximum atomic E-state index is 13.3. The normalized spacial score (nSPS) is 11.7. The molecular weight excluding hydrogens is 564 g/mol. The lowest BCUT2D eigenvalue weighted by Crippen LogP contribution is -2.36. The standard InChI is InChI=1S/C27H22N8O6S/c1-12(14-5-7-15(8-6-14)25(40)41)30-24(39)18-10-17(32-26-33-34-27(42)35(18)26)23(38)29-11-13-3-2-4-16(9-13)31-20-19(28)21(36)22(20)37/h2-10,12,31H,11,28H2,1H3,(H,29,38)(H,30,39)(H,34,42)(H,40,41)/t12-/m0/s1. The second-order valence-electron chi connectivity index (χ2n) is 9.27. The highest BCUT2D eigenvalue weighted by molar-refractivity contribution is 7.71. The van der Waals surface area contributed by atoms with Gasteiger partial charge in [0, 0.05) is 12.2 Å². The zero-order chi connectivity index (χ0) is 30.1. The molecule has 2 aromatic heterocycles. The third-order valence-electron chi connectivity index (χ3n) is 6.46. The number of carboxylic acids is 1. The molecule has 0 aliphatic carbocycles. The number of nitrogens with zero attached hydrogens (tertiary/aromatic N) is 3. The summed E-state index contributed by atoms with van der Waals surface area (Å²) in [6.07, 6.45) is 0. The van der Waals surface area contributed by atoms with Crippen LogP contribution in [0.25, 0.3) is 5.78 Å². The van der Waals surface area contributed by atoms with Crippen LogP contribution in [0.15, 0.2) is 64.2 Å². The molecule has 1 atom stereocenters. The van der Waals surface area contributed by atoms with E-state index in [2.05, 4.69) is 31.1 Å². The highest BCUT2D eigenvalue weighted by atomic mass is 32.1. The largest absolute Gasteiger partial charge is 0.478 e. The molecule has 0 unspecified atom stereocenters. The topological polar surface area (TPSA) is 214 Å². The summed E-state index contributed by atoms with van der Waals surface area (Å²) in [5.41, 5.74) is 5.88. The number of aromatic amines is 1. The van der Waals surface area contributed by atoms with Gasteiger partial charge >= 0.3 is 5.97 Å². The summed E-state index contributed by atoms with van der Waals surface area (Å²) in [4.78, 5) is 64.8. The fraction of sp³-hybridized carbons (Fsp3) is 0.111. The van der Waals surface area contributed by atoms with Crippen LogP contribution in [0.4, 0.5) is 17.1 Å². The summed E-state index contributed by atoms with van der Waals surface area (Å²) in [6.45, 7) is 1.79. The number of amides is 2. The Kier molecular flexibility index (Phi) is 7.33. The van der Waals surface area contributed by atoms with E-state index in [1.54, 1.807) is 43.3 Å². The molecule has 14 nitrogen and oxygen atoms in total. The molecule has 7 N–H and O–H groups in total. The van der Waals surface area contributed by atoms with Gasteiger partial charge in [0.15, 0.2) is 0 Å². The third kappa shape index (κ3) is 5.35. The quantitative estimate of drug-likeness (QED) is 0.108. The van der Waals surface area contributed by atoms with E-state index < -0.39 is 34.7 Å². The smallest absolute Gasteiger partial charge is 0.335 e. The first-order valence-corrected chi connectivity index (χ1v) is 12.8. The minimum atomic E-state index is -1.06. The third-order valence-corrected chi connectivity index (χ3v) is 6.73. The Morgan fingerprint density at radius 3 is 2.50 bits per heavy atom. The lowest BCUT2D eigenvalue weighted by Gasteiger charge is -2.15. The van der Waals surface area contributed by atoms with Crippen molar-refractivity contribution < 1.29 is 19.5 Å². The SMILES string of the molecule is C[C@H](NC(=O)c1cc(C(=O)NCc2cccc(Nc3c(N)c(=O)c3=O)c2)nc2n[nH]c(=S)n12)c1ccc(C(=O)O)cc1. The van der Waals surface area contributed by atoms with Gasteiger partial charge in [-0.2, -0.15) is 0 Å². The highest BCUT2D eigenvalue weighted by Gasteiger charge is 2.21. The number of nitrogen functional groups attached to an aromatic ring is 1. The first-order valence-electron chi connectivity index (χ1n) is 12.4. The Labute approximate surface area is 240 Å². The van der Waals surface area contributed by atoms with Crippen molar-refractivity contribution in [3.05, 3.63) is 108 Å². The van der Waals surface area contributed by atoms with Crippen LogP contribution in [0, 0.1) is 4.77 Å². The Morgan fingerprint density at radius 1 is 1.07 bits per heavy atom. The average molecular weight is 587 g/mol. The Hall–Kier alpha value is -5.70. The van der Waals surface area contributed by atoms with Crippen LogP contribution in [-0.2, 0) is 6.54 Å². The monoisotopic (exact) mass is 586 g/mol. The Bertz CT molecular complexity index is 2010. The predicted octanol–water partition coefficient (Wildman–Crippen LogP) is 1.83. The summed E-state index contributed by atoms with van der Waals surface area (Å²) in [6, 6.07) is 13.6. The summed E-state index contributed by atoms with van der Waals surface area (Å²) in [5.74, 6) is -2.22. The molecule has 2 amide bonds. The van der Waals surface area contributed by atoms with E-state index in [0.717, 1.165) is 0 Å². The second kappa shape index (κ2) is 11.1. The number of benzene rings is 2. The lowest BCUT2D eigenvalue weighted by atomic mass is 10.1. The van der Waals surface area contributed by atoms with Crippen LogP contribution in [0.1, 0.15) is 55.4 Å². The maximum Gasteiger partial charge on any atom is 0.335 e. The first-order chi connectivity index (χ1) is 20.0. The molecule has 0 bridgehead atoms. The molecule has 15 heteroatoms. The molecule has 42 heavy (non-hydrogen) atoms. The van der Waals surface area contributed by atoms with Gasteiger partial charge in [-0.05, 0) is 60.6 Å². The van der Waals surface area contributed by atoms with E-state index in [1.165, 1.54) is 22.6 Å². The van der Waals surface area contributed by atoms with Crippen LogP contribution in [0.5, 0.6) is 0 Å². The number of carbonyl (C=O) groups is 3. The molecule has 3 aromatic carbocycles. The van der Waals surface area contributed by atoms with Gasteiger partial charge in [-0.15, -0.1) is 5.10 Å². The molecule has 2 heterocycles. The van der Waals surface area contributed by atoms with Crippen molar-refractivity contribution in [2.24, 2.45) is 0 Å². The zero-order valence-electron chi connectivity index (χ0n) is 21.8. The molecule has 212 valence electrons. The van der Waals surface area contributed by atoms with Gasteiger partial charge in [0.25, 0.3) is 28.4 Å². The fourth-order valence-corrected chi connectivity index (χ4v) is 4.40. The number of anilines is 3. The van der Waals surface area contributed by atoms with Gasteiger partial charge in [0.1, 0.15) is 22.8 Å². The van der Waals surface area contributed by atoms with Crippen molar-refractivity contribution in [3.8, 4) is 0 Å². The van der Waals surface area contributed by atoms with Crippen molar-refractivity contribution in [2.45, 2.75) is 19.5 Å². The highest BCUT2D eigenvalue weighted by Crippen LogP contribution is 2.20. The van der Waals surface area contributed by atoms with E-state index in [4.69, 9.17) is 23.1 Å². The molecule has 0 fully saturated rings. The number of nitrogens with two attached hydrogens (primary N) is 1. The van der Waals surface area contributed by atoms with Crippen LogP contribution in [0.3, 0.4) is 0 Å². The number of nitrogens with one attached hydrogen (secondary N) is 4. The van der Waals surface area contributed by atoms with Crippen molar-refractivity contribution in [1.29, 1.82) is 0 Å². The maximum absolute atomic E-state index is 13.3.